The van der Waals surface area contributed by atoms with Crippen molar-refractivity contribution in [3.8, 4) is 17.0 Å². The van der Waals surface area contributed by atoms with Gasteiger partial charge in [-0.3, -0.25) is 9.78 Å². The average Bonchev–Trinajstić information content (AvgIpc) is 3.38. The molecule has 0 aliphatic heterocycles. The summed E-state index contributed by atoms with van der Waals surface area (Å²) in [6.45, 7) is 1.91. The molecule has 138 valence electrons. The number of ketones is 1. The smallest absolute Gasteiger partial charge is 0.213 e. The molecule has 27 heavy (non-hydrogen) atoms. The van der Waals surface area contributed by atoms with Crippen molar-refractivity contribution in [2.24, 2.45) is 5.92 Å². The maximum atomic E-state index is 13.1. The number of aryl methyl sites for hydroxylation is 1. The summed E-state index contributed by atoms with van der Waals surface area (Å²) in [7, 11) is 1.58. The Morgan fingerprint density at radius 3 is 2.78 bits per heavy atom. The molecule has 2 N–H and O–H groups in total. The third-order valence-corrected chi connectivity index (χ3v) is 4.99. The second-order valence-electron chi connectivity index (χ2n) is 6.95. The van der Waals surface area contributed by atoms with Gasteiger partial charge < -0.3 is 10.5 Å². The molecule has 1 aliphatic carbocycles. The number of aromatic nitrogens is 2. The largest absolute Gasteiger partial charge is 0.481 e. The highest BCUT2D eigenvalue weighted by Gasteiger charge is 2.43. The molecule has 2 aromatic heterocycles. The molecule has 1 fully saturated rings. The Hall–Kier alpha value is -3.02. The summed E-state index contributed by atoms with van der Waals surface area (Å²) >= 11 is 0. The number of methoxy groups -OCH3 is 1. The van der Waals surface area contributed by atoms with Gasteiger partial charge in [-0.25, -0.2) is 9.37 Å². The summed E-state index contributed by atoms with van der Waals surface area (Å²) in [6, 6.07) is 9.51. The van der Waals surface area contributed by atoms with Gasteiger partial charge in [-0.05, 0) is 48.6 Å². The second-order valence-corrected chi connectivity index (χ2v) is 6.95. The van der Waals surface area contributed by atoms with Gasteiger partial charge in [0.2, 0.25) is 5.88 Å². The number of hydrogen-bond acceptors (Lipinski definition) is 5. The van der Waals surface area contributed by atoms with E-state index in [4.69, 9.17) is 10.5 Å². The Labute approximate surface area is 156 Å². The van der Waals surface area contributed by atoms with Crippen LogP contribution in [0.4, 0.5) is 10.1 Å². The predicted octanol–water partition coefficient (Wildman–Crippen LogP) is 3.67. The van der Waals surface area contributed by atoms with E-state index in [1.807, 2.05) is 37.3 Å². The fourth-order valence-corrected chi connectivity index (χ4v) is 3.35. The number of pyridine rings is 2. The molecule has 1 aromatic carbocycles. The molecule has 2 heterocycles. The minimum atomic E-state index is -0.981. The van der Waals surface area contributed by atoms with Gasteiger partial charge in [0.1, 0.15) is 12.0 Å². The van der Waals surface area contributed by atoms with Gasteiger partial charge in [0.05, 0.1) is 13.0 Å². The van der Waals surface area contributed by atoms with Gasteiger partial charge in [-0.2, -0.15) is 0 Å². The number of benzene rings is 1. The molecule has 0 saturated heterocycles. The van der Waals surface area contributed by atoms with E-state index in [1.54, 1.807) is 13.3 Å². The molecule has 1 aliphatic rings. The molecule has 4 rings (SSSR count). The highest BCUT2D eigenvalue weighted by Crippen LogP contribution is 2.36. The molecule has 3 aromatic rings. The molecular weight excluding hydrogens is 345 g/mol. The van der Waals surface area contributed by atoms with Gasteiger partial charge >= 0.3 is 0 Å². The number of nitrogen functional groups attached to an aromatic ring is 1. The first-order valence-electron chi connectivity index (χ1n) is 8.83. The summed E-state index contributed by atoms with van der Waals surface area (Å²) < 4.78 is 18.3. The Kier molecular flexibility index (Phi) is 4.26. The van der Waals surface area contributed by atoms with Crippen LogP contribution in [0.3, 0.4) is 0 Å². The third kappa shape index (κ3) is 3.35. The molecule has 5 nitrogen and oxygen atoms in total. The Bertz CT molecular complexity index is 1050. The maximum absolute atomic E-state index is 13.1. The third-order valence-electron chi connectivity index (χ3n) is 4.99. The van der Waals surface area contributed by atoms with Crippen LogP contribution in [-0.2, 0) is 11.2 Å². The number of ether oxygens (including phenoxy) is 1. The first-order valence-corrected chi connectivity index (χ1v) is 8.83. The Morgan fingerprint density at radius 1 is 1.33 bits per heavy atom. The quantitative estimate of drug-likeness (QED) is 0.698. The van der Waals surface area contributed by atoms with Crippen molar-refractivity contribution >= 4 is 22.2 Å². The summed E-state index contributed by atoms with van der Waals surface area (Å²) in [5.74, 6) is 0.0156. The highest BCUT2D eigenvalue weighted by molar-refractivity contribution is 5.97. The zero-order chi connectivity index (χ0) is 19.1. The molecule has 0 unspecified atom stereocenters. The molecule has 1 saturated carbocycles. The monoisotopic (exact) mass is 365 g/mol. The first-order chi connectivity index (χ1) is 13.0. The minimum Gasteiger partial charge on any atom is -0.481 e. The van der Waals surface area contributed by atoms with E-state index in [2.05, 4.69) is 9.97 Å². The van der Waals surface area contributed by atoms with E-state index in [0.717, 1.165) is 27.6 Å². The lowest BCUT2D eigenvalue weighted by atomic mass is 9.99. The van der Waals surface area contributed by atoms with Gasteiger partial charge in [-0.15, -0.1) is 0 Å². The lowest BCUT2D eigenvalue weighted by molar-refractivity contribution is -0.120. The molecule has 0 radical (unpaired) electrons. The molecule has 0 bridgehead atoms. The van der Waals surface area contributed by atoms with Crippen LogP contribution in [0.1, 0.15) is 17.8 Å². The van der Waals surface area contributed by atoms with Crippen LogP contribution in [0.15, 0.2) is 36.5 Å². The Morgan fingerprint density at radius 2 is 2.11 bits per heavy atom. The molecule has 0 spiro atoms. The lowest BCUT2D eigenvalue weighted by Gasteiger charge is -2.11. The molecule has 6 heteroatoms. The number of nitrogens with zero attached hydrogens (tertiary/aromatic N) is 2. The number of carbonyl (C=O) groups excluding carboxylic acids is 1. The van der Waals surface area contributed by atoms with Crippen molar-refractivity contribution in [3.63, 3.8) is 0 Å². The Balaban J connectivity index is 1.71. The van der Waals surface area contributed by atoms with Crippen molar-refractivity contribution in [3.05, 3.63) is 47.9 Å². The summed E-state index contributed by atoms with van der Waals surface area (Å²) in [5.41, 5.74) is 10.2. The number of hydrogen-bond donors (Lipinski definition) is 1. The van der Waals surface area contributed by atoms with E-state index < -0.39 is 12.1 Å². The van der Waals surface area contributed by atoms with E-state index in [0.29, 0.717) is 23.7 Å². The van der Waals surface area contributed by atoms with Crippen LogP contribution in [0.25, 0.3) is 21.9 Å². The SMILES string of the molecule is COc1ccc(-c2cc(N)c3cnc(CC(=O)[C@@H]4C[C@@H]4F)cc3c2)c(C)n1. The topological polar surface area (TPSA) is 78.1 Å². The molecular formula is C21H20FN3O2. The number of fused-ring (bicyclic) bond motifs is 1. The molecule has 0 amide bonds. The number of Topliss-reactive ketones (excluding diaryl/α,β-unsaturated/α-hetero) is 1. The van der Waals surface area contributed by atoms with Crippen LogP contribution < -0.4 is 10.5 Å². The van der Waals surface area contributed by atoms with Crippen molar-refractivity contribution < 1.29 is 13.9 Å². The van der Waals surface area contributed by atoms with E-state index in [9.17, 15) is 9.18 Å². The fourth-order valence-electron chi connectivity index (χ4n) is 3.35. The second kappa shape index (κ2) is 6.61. The van der Waals surface area contributed by atoms with Crippen LogP contribution in [-0.4, -0.2) is 29.0 Å². The summed E-state index contributed by atoms with van der Waals surface area (Å²) in [6.07, 6.45) is 1.18. The summed E-state index contributed by atoms with van der Waals surface area (Å²) in [4.78, 5) is 20.8. The number of anilines is 1. The maximum Gasteiger partial charge on any atom is 0.213 e. The van der Waals surface area contributed by atoms with Gasteiger partial charge in [0.25, 0.3) is 0 Å². The van der Waals surface area contributed by atoms with E-state index >= 15 is 0 Å². The minimum absolute atomic E-state index is 0.0892. The first kappa shape index (κ1) is 17.4. The zero-order valence-electron chi connectivity index (χ0n) is 15.2. The number of halogens is 1. The van der Waals surface area contributed by atoms with Crippen molar-refractivity contribution in [1.29, 1.82) is 0 Å². The van der Waals surface area contributed by atoms with Crippen LogP contribution in [0.5, 0.6) is 5.88 Å². The van der Waals surface area contributed by atoms with E-state index in [-0.39, 0.29) is 12.2 Å². The van der Waals surface area contributed by atoms with Gasteiger partial charge in [0, 0.05) is 46.7 Å². The molecule has 2 atom stereocenters. The van der Waals surface area contributed by atoms with E-state index in [1.165, 1.54) is 0 Å². The number of carbonyl (C=O) groups is 1. The van der Waals surface area contributed by atoms with Crippen molar-refractivity contribution in [1.82, 2.24) is 9.97 Å². The van der Waals surface area contributed by atoms with Crippen molar-refractivity contribution in [2.45, 2.75) is 25.9 Å². The number of nitrogens with two attached hydrogens (primary N) is 1. The van der Waals surface area contributed by atoms with Gasteiger partial charge in [0.15, 0.2) is 0 Å². The van der Waals surface area contributed by atoms with Gasteiger partial charge in [-0.1, -0.05) is 0 Å². The van der Waals surface area contributed by atoms with Crippen LogP contribution in [0.2, 0.25) is 0 Å². The normalized spacial score (nSPS) is 18.5. The lowest BCUT2D eigenvalue weighted by Crippen LogP contribution is -2.08. The summed E-state index contributed by atoms with van der Waals surface area (Å²) in [5, 5.41) is 1.72. The predicted molar refractivity (Wildman–Crippen MR) is 102 cm³/mol. The van der Waals surface area contributed by atoms with Crippen LogP contribution >= 0.6 is 0 Å². The number of rotatable bonds is 5. The number of alkyl halides is 1. The zero-order valence-corrected chi connectivity index (χ0v) is 15.2. The van der Waals surface area contributed by atoms with Crippen molar-refractivity contribution in [2.75, 3.05) is 12.8 Å². The average molecular weight is 365 g/mol. The van der Waals surface area contributed by atoms with Crippen LogP contribution in [0, 0.1) is 12.8 Å². The standard InChI is InChI=1S/C21H20FN3O2/c1-11-15(3-4-21(25-11)27-2)13-5-12-6-14(8-20(26)16-9-18(16)22)24-10-17(12)19(23)7-13/h3-7,10,16,18H,8-9,23H2,1-2H3/t16-,18+/m1/s1. The fraction of sp³-hybridized carbons (Fsp3) is 0.286. The highest BCUT2D eigenvalue weighted by atomic mass is 19.1.